The fourth-order valence-corrected chi connectivity index (χ4v) is 1.78. The highest BCUT2D eigenvalue weighted by Crippen LogP contribution is 2.23. The summed E-state index contributed by atoms with van der Waals surface area (Å²) in [6.07, 6.45) is 0.920. The standard InChI is InChI=1S/C16H27N3O2/c1-12(2)11-21-15-7-6-13(10-14(15)17)16(20)18-8-5-9-19(3)4/h6-7,10,12H,5,8-9,11,17H2,1-4H3,(H,18,20). The van der Waals surface area contributed by atoms with Crippen LogP contribution in [0.4, 0.5) is 5.69 Å². The molecule has 3 N–H and O–H groups in total. The molecule has 0 aliphatic rings. The van der Waals surface area contributed by atoms with Crippen LogP contribution in [0.1, 0.15) is 30.6 Å². The van der Waals surface area contributed by atoms with Crippen molar-refractivity contribution in [1.82, 2.24) is 10.2 Å². The average molecular weight is 293 g/mol. The van der Waals surface area contributed by atoms with Crippen molar-refractivity contribution in [2.75, 3.05) is 39.5 Å². The molecular formula is C16H27N3O2. The van der Waals surface area contributed by atoms with Crippen LogP contribution >= 0.6 is 0 Å². The van der Waals surface area contributed by atoms with Gasteiger partial charge >= 0.3 is 0 Å². The summed E-state index contributed by atoms with van der Waals surface area (Å²) in [6, 6.07) is 5.16. The molecule has 5 heteroatoms. The van der Waals surface area contributed by atoms with E-state index in [2.05, 4.69) is 24.1 Å². The fraction of sp³-hybridized carbons (Fsp3) is 0.562. The number of benzene rings is 1. The van der Waals surface area contributed by atoms with Crippen molar-refractivity contribution in [1.29, 1.82) is 0 Å². The number of hydrogen-bond donors (Lipinski definition) is 2. The molecule has 21 heavy (non-hydrogen) atoms. The lowest BCUT2D eigenvalue weighted by Gasteiger charge is -2.12. The Morgan fingerprint density at radius 1 is 1.38 bits per heavy atom. The molecule has 0 aliphatic heterocycles. The minimum absolute atomic E-state index is 0.101. The van der Waals surface area contributed by atoms with E-state index >= 15 is 0 Å². The molecule has 0 atom stereocenters. The fourth-order valence-electron chi connectivity index (χ4n) is 1.78. The van der Waals surface area contributed by atoms with Gasteiger partial charge in [0, 0.05) is 12.1 Å². The maximum Gasteiger partial charge on any atom is 0.251 e. The van der Waals surface area contributed by atoms with E-state index in [9.17, 15) is 4.79 Å². The van der Waals surface area contributed by atoms with E-state index in [1.165, 1.54) is 0 Å². The second-order valence-corrected chi connectivity index (χ2v) is 5.87. The summed E-state index contributed by atoms with van der Waals surface area (Å²) >= 11 is 0. The lowest BCUT2D eigenvalue weighted by atomic mass is 10.1. The maximum absolute atomic E-state index is 12.0. The Morgan fingerprint density at radius 3 is 2.67 bits per heavy atom. The molecule has 0 fully saturated rings. The summed E-state index contributed by atoms with van der Waals surface area (Å²) < 4.78 is 5.60. The second kappa shape index (κ2) is 8.52. The highest BCUT2D eigenvalue weighted by atomic mass is 16.5. The van der Waals surface area contributed by atoms with Gasteiger partial charge in [0.1, 0.15) is 5.75 Å². The molecule has 0 aromatic heterocycles. The minimum atomic E-state index is -0.101. The Balaban J connectivity index is 2.51. The van der Waals surface area contributed by atoms with Gasteiger partial charge in [0.25, 0.3) is 5.91 Å². The zero-order chi connectivity index (χ0) is 15.8. The molecule has 0 saturated carbocycles. The number of carbonyl (C=O) groups excluding carboxylic acids is 1. The molecule has 0 spiro atoms. The molecule has 1 rings (SSSR count). The first-order valence-electron chi connectivity index (χ1n) is 7.35. The van der Waals surface area contributed by atoms with Gasteiger partial charge in [-0.25, -0.2) is 0 Å². The number of amides is 1. The van der Waals surface area contributed by atoms with Crippen LogP contribution in [0.25, 0.3) is 0 Å². The van der Waals surface area contributed by atoms with Crippen LogP contribution in [-0.4, -0.2) is 44.6 Å². The summed E-state index contributed by atoms with van der Waals surface area (Å²) in [5, 5.41) is 2.89. The van der Waals surface area contributed by atoms with Gasteiger partial charge in [-0.3, -0.25) is 4.79 Å². The number of nitrogens with two attached hydrogens (primary N) is 1. The number of hydrogen-bond acceptors (Lipinski definition) is 4. The van der Waals surface area contributed by atoms with Gasteiger partial charge in [-0.15, -0.1) is 0 Å². The highest BCUT2D eigenvalue weighted by Gasteiger charge is 2.09. The summed E-state index contributed by atoms with van der Waals surface area (Å²) in [4.78, 5) is 14.1. The summed E-state index contributed by atoms with van der Waals surface area (Å²) in [7, 11) is 4.02. The highest BCUT2D eigenvalue weighted by molar-refractivity contribution is 5.95. The van der Waals surface area contributed by atoms with Crippen molar-refractivity contribution in [2.24, 2.45) is 5.92 Å². The predicted octanol–water partition coefficient (Wildman–Crippen LogP) is 1.99. The molecule has 5 nitrogen and oxygen atoms in total. The summed E-state index contributed by atoms with van der Waals surface area (Å²) in [5.74, 6) is 0.966. The maximum atomic E-state index is 12.0. The first-order valence-corrected chi connectivity index (χ1v) is 7.35. The van der Waals surface area contributed by atoms with E-state index in [1.807, 2.05) is 14.1 Å². The first kappa shape index (κ1) is 17.3. The van der Waals surface area contributed by atoms with Crippen LogP contribution in [0.2, 0.25) is 0 Å². The van der Waals surface area contributed by atoms with E-state index in [-0.39, 0.29) is 5.91 Å². The third-order valence-corrected chi connectivity index (χ3v) is 2.91. The Labute approximate surface area is 127 Å². The predicted molar refractivity (Wildman–Crippen MR) is 86.7 cm³/mol. The van der Waals surface area contributed by atoms with Gasteiger partial charge in [-0.05, 0) is 51.2 Å². The first-order chi connectivity index (χ1) is 9.90. The van der Waals surface area contributed by atoms with Crippen LogP contribution in [0.15, 0.2) is 18.2 Å². The van der Waals surface area contributed by atoms with Crippen molar-refractivity contribution >= 4 is 11.6 Å². The lowest BCUT2D eigenvalue weighted by molar-refractivity contribution is 0.0952. The van der Waals surface area contributed by atoms with Crippen molar-refractivity contribution in [3.63, 3.8) is 0 Å². The van der Waals surface area contributed by atoms with Crippen LogP contribution < -0.4 is 15.8 Å². The number of nitrogen functional groups attached to an aromatic ring is 1. The quantitative estimate of drug-likeness (QED) is 0.568. The Kier molecular flexibility index (Phi) is 7.02. The Hall–Kier alpha value is -1.75. The Morgan fingerprint density at radius 2 is 2.10 bits per heavy atom. The van der Waals surface area contributed by atoms with Crippen LogP contribution in [0, 0.1) is 5.92 Å². The van der Waals surface area contributed by atoms with Gasteiger partial charge in [0.15, 0.2) is 0 Å². The van der Waals surface area contributed by atoms with Crippen molar-refractivity contribution in [3.05, 3.63) is 23.8 Å². The monoisotopic (exact) mass is 293 g/mol. The van der Waals surface area contributed by atoms with Gasteiger partial charge in [-0.1, -0.05) is 13.8 Å². The smallest absolute Gasteiger partial charge is 0.251 e. The zero-order valence-corrected chi connectivity index (χ0v) is 13.5. The molecular weight excluding hydrogens is 266 g/mol. The molecule has 118 valence electrons. The van der Waals surface area contributed by atoms with Gasteiger partial charge < -0.3 is 20.7 Å². The van der Waals surface area contributed by atoms with Gasteiger partial charge in [0.2, 0.25) is 0 Å². The molecule has 1 amide bonds. The number of ether oxygens (including phenoxy) is 1. The van der Waals surface area contributed by atoms with E-state index in [0.29, 0.717) is 36.1 Å². The number of carbonyl (C=O) groups is 1. The summed E-state index contributed by atoms with van der Waals surface area (Å²) in [5.41, 5.74) is 6.99. The summed E-state index contributed by atoms with van der Waals surface area (Å²) in [6.45, 7) is 6.37. The molecule has 0 bridgehead atoms. The van der Waals surface area contributed by atoms with E-state index in [0.717, 1.165) is 13.0 Å². The topological polar surface area (TPSA) is 67.6 Å². The van der Waals surface area contributed by atoms with E-state index < -0.39 is 0 Å². The normalized spacial score (nSPS) is 11.0. The van der Waals surface area contributed by atoms with Crippen LogP contribution in [0.3, 0.4) is 0 Å². The lowest BCUT2D eigenvalue weighted by Crippen LogP contribution is -2.27. The number of anilines is 1. The van der Waals surface area contributed by atoms with Crippen molar-refractivity contribution in [2.45, 2.75) is 20.3 Å². The van der Waals surface area contributed by atoms with Gasteiger partial charge in [-0.2, -0.15) is 0 Å². The van der Waals surface area contributed by atoms with Crippen LogP contribution in [0.5, 0.6) is 5.75 Å². The molecule has 0 unspecified atom stereocenters. The third-order valence-electron chi connectivity index (χ3n) is 2.91. The Bertz CT molecular complexity index is 459. The molecule has 0 heterocycles. The SMILES string of the molecule is CC(C)COc1ccc(C(=O)NCCCN(C)C)cc1N. The van der Waals surface area contributed by atoms with Crippen molar-refractivity contribution < 1.29 is 9.53 Å². The largest absolute Gasteiger partial charge is 0.491 e. The average Bonchev–Trinajstić information content (AvgIpc) is 2.41. The molecule has 1 aromatic carbocycles. The van der Waals surface area contributed by atoms with E-state index in [4.69, 9.17) is 10.5 Å². The van der Waals surface area contributed by atoms with Crippen molar-refractivity contribution in [3.8, 4) is 5.75 Å². The van der Waals surface area contributed by atoms with Crippen LogP contribution in [-0.2, 0) is 0 Å². The number of nitrogens with one attached hydrogen (secondary N) is 1. The zero-order valence-electron chi connectivity index (χ0n) is 13.5. The molecule has 0 saturated heterocycles. The number of nitrogens with zero attached hydrogens (tertiary/aromatic N) is 1. The molecule has 1 aromatic rings. The minimum Gasteiger partial charge on any atom is -0.491 e. The third kappa shape index (κ3) is 6.49. The number of rotatable bonds is 8. The van der Waals surface area contributed by atoms with E-state index in [1.54, 1.807) is 18.2 Å². The second-order valence-electron chi connectivity index (χ2n) is 5.87. The van der Waals surface area contributed by atoms with Gasteiger partial charge in [0.05, 0.1) is 12.3 Å². The molecule has 0 radical (unpaired) electrons. The molecule has 0 aliphatic carbocycles.